The van der Waals surface area contributed by atoms with E-state index in [0.29, 0.717) is 5.02 Å². The van der Waals surface area contributed by atoms with Crippen molar-refractivity contribution in [2.75, 3.05) is 5.32 Å². The molecule has 1 unspecified atom stereocenters. The smallest absolute Gasteiger partial charge is 0.244 e. The van der Waals surface area contributed by atoms with Crippen LogP contribution in [0, 0.1) is 6.92 Å². The van der Waals surface area contributed by atoms with Crippen LogP contribution in [0.3, 0.4) is 0 Å². The highest BCUT2D eigenvalue weighted by atomic mass is 35.5. The highest BCUT2D eigenvalue weighted by Gasteiger charge is 2.17. The lowest BCUT2D eigenvalue weighted by atomic mass is 10.1. The molecule has 3 N–H and O–H groups in total. The van der Waals surface area contributed by atoms with Crippen LogP contribution in [0.2, 0.25) is 5.02 Å². The Labute approximate surface area is 117 Å². The average molecular weight is 275 g/mol. The number of amides is 1. The Hall–Kier alpha value is -2.00. The van der Waals surface area contributed by atoms with Gasteiger partial charge >= 0.3 is 0 Å². The summed E-state index contributed by atoms with van der Waals surface area (Å²) in [6.07, 6.45) is 0. The summed E-state index contributed by atoms with van der Waals surface area (Å²) in [4.78, 5) is 11.6. The van der Waals surface area contributed by atoms with Gasteiger partial charge in [0.25, 0.3) is 0 Å². The van der Waals surface area contributed by atoms with Crippen molar-refractivity contribution in [1.29, 1.82) is 0 Å². The second kappa shape index (κ2) is 5.76. The Morgan fingerprint density at radius 2 is 1.89 bits per heavy atom. The van der Waals surface area contributed by atoms with Gasteiger partial charge in [0.15, 0.2) is 0 Å². The van der Waals surface area contributed by atoms with Gasteiger partial charge in [0.05, 0.1) is 0 Å². The summed E-state index contributed by atoms with van der Waals surface area (Å²) in [6.45, 7) is 1.99. The molecule has 0 bridgehead atoms. The van der Waals surface area contributed by atoms with Crippen molar-refractivity contribution in [3.8, 4) is 0 Å². The van der Waals surface area contributed by atoms with E-state index in [4.69, 9.17) is 17.3 Å². The average Bonchev–Trinajstić information content (AvgIpc) is 2.37. The number of nitrogens with two attached hydrogens (primary N) is 1. The maximum Gasteiger partial charge on any atom is 0.244 e. The van der Waals surface area contributed by atoms with E-state index >= 15 is 0 Å². The fourth-order valence-corrected chi connectivity index (χ4v) is 2.00. The van der Waals surface area contributed by atoms with Gasteiger partial charge in [-0.15, -0.1) is 0 Å². The molecule has 0 radical (unpaired) electrons. The Balaban J connectivity index is 2.26. The van der Waals surface area contributed by atoms with Gasteiger partial charge in [0.2, 0.25) is 5.91 Å². The van der Waals surface area contributed by atoms with E-state index in [0.717, 1.165) is 16.8 Å². The molecule has 4 heteroatoms. The molecule has 0 aliphatic heterocycles. The van der Waals surface area contributed by atoms with Crippen LogP contribution in [0.1, 0.15) is 17.2 Å². The first-order valence-electron chi connectivity index (χ1n) is 5.94. The first-order valence-corrected chi connectivity index (χ1v) is 6.32. The molecule has 0 heterocycles. The molecule has 2 aromatic rings. The first-order chi connectivity index (χ1) is 9.06. The van der Waals surface area contributed by atoms with Crippen LogP contribution in [0.4, 0.5) is 5.69 Å². The van der Waals surface area contributed by atoms with Gasteiger partial charge in [-0.25, -0.2) is 0 Å². The number of hydrogen-bond donors (Lipinski definition) is 2. The van der Waals surface area contributed by atoms with E-state index in [-0.39, 0.29) is 0 Å². The fourth-order valence-electron chi connectivity index (χ4n) is 1.88. The minimum absolute atomic E-state index is 0.427. The van der Waals surface area contributed by atoms with Gasteiger partial charge in [0.1, 0.15) is 6.04 Å². The summed E-state index contributed by atoms with van der Waals surface area (Å²) in [5.74, 6) is -0.427. The molecule has 0 saturated heterocycles. The Kier molecular flexibility index (Phi) is 4.07. The summed E-state index contributed by atoms with van der Waals surface area (Å²) < 4.78 is 0. The van der Waals surface area contributed by atoms with E-state index in [1.54, 1.807) is 24.3 Å². The number of carbonyl (C=O) groups is 1. The van der Waals surface area contributed by atoms with Gasteiger partial charge in [-0.2, -0.15) is 0 Å². The van der Waals surface area contributed by atoms with Gasteiger partial charge in [-0.3, -0.25) is 4.79 Å². The molecule has 19 heavy (non-hydrogen) atoms. The minimum atomic E-state index is -0.570. The number of anilines is 1. The van der Waals surface area contributed by atoms with Crippen LogP contribution in [-0.2, 0) is 4.79 Å². The van der Waals surface area contributed by atoms with Gasteiger partial charge in [-0.05, 0) is 42.3 Å². The second-order valence-electron chi connectivity index (χ2n) is 4.40. The molecule has 1 atom stereocenters. The Morgan fingerprint density at radius 3 is 2.47 bits per heavy atom. The normalized spacial score (nSPS) is 11.9. The summed E-state index contributed by atoms with van der Waals surface area (Å²) in [5.41, 5.74) is 8.22. The Morgan fingerprint density at radius 1 is 1.21 bits per heavy atom. The summed E-state index contributed by atoms with van der Waals surface area (Å²) in [5, 5.41) is 3.76. The third-order valence-electron chi connectivity index (χ3n) is 2.82. The van der Waals surface area contributed by atoms with Crippen LogP contribution in [0.5, 0.6) is 0 Å². The highest BCUT2D eigenvalue weighted by molar-refractivity contribution is 6.30. The lowest BCUT2D eigenvalue weighted by molar-refractivity contribution is -0.118. The number of halogens is 1. The quantitative estimate of drug-likeness (QED) is 0.899. The van der Waals surface area contributed by atoms with Crippen LogP contribution in [0.15, 0.2) is 48.5 Å². The molecule has 0 aromatic heterocycles. The molecule has 98 valence electrons. The topological polar surface area (TPSA) is 55.1 Å². The maximum atomic E-state index is 11.6. The van der Waals surface area contributed by atoms with Crippen molar-refractivity contribution < 1.29 is 4.79 Å². The zero-order valence-electron chi connectivity index (χ0n) is 10.6. The van der Waals surface area contributed by atoms with E-state index < -0.39 is 11.9 Å². The number of carbonyl (C=O) groups excluding carboxylic acids is 1. The standard InChI is InChI=1S/C15H15ClN2O/c1-10-3-2-4-13(9-10)18-14(15(17)19)11-5-7-12(16)8-6-11/h2-9,14,18H,1H3,(H2,17,19). The van der Waals surface area contributed by atoms with Crippen molar-refractivity contribution in [2.24, 2.45) is 5.73 Å². The van der Waals surface area contributed by atoms with Crippen LogP contribution >= 0.6 is 11.6 Å². The van der Waals surface area contributed by atoms with E-state index in [2.05, 4.69) is 5.32 Å². The molecule has 1 amide bonds. The molecule has 0 fully saturated rings. The summed E-state index contributed by atoms with van der Waals surface area (Å²) in [6, 6.07) is 14.3. The lowest BCUT2D eigenvalue weighted by Gasteiger charge is -2.17. The molecule has 2 aromatic carbocycles. The molecular weight excluding hydrogens is 260 g/mol. The maximum absolute atomic E-state index is 11.6. The number of hydrogen-bond acceptors (Lipinski definition) is 2. The Bertz CT molecular complexity index is 581. The van der Waals surface area contributed by atoms with Crippen molar-refractivity contribution in [3.05, 3.63) is 64.7 Å². The molecular formula is C15H15ClN2O. The molecule has 0 aliphatic carbocycles. The third-order valence-corrected chi connectivity index (χ3v) is 3.07. The zero-order valence-corrected chi connectivity index (χ0v) is 11.3. The summed E-state index contributed by atoms with van der Waals surface area (Å²) >= 11 is 5.84. The van der Waals surface area contributed by atoms with Gasteiger partial charge < -0.3 is 11.1 Å². The van der Waals surface area contributed by atoms with E-state index in [9.17, 15) is 4.79 Å². The monoisotopic (exact) mass is 274 g/mol. The highest BCUT2D eigenvalue weighted by Crippen LogP contribution is 2.21. The zero-order chi connectivity index (χ0) is 13.8. The number of benzene rings is 2. The van der Waals surface area contributed by atoms with Crippen LogP contribution in [-0.4, -0.2) is 5.91 Å². The SMILES string of the molecule is Cc1cccc(NC(C(N)=O)c2ccc(Cl)cc2)c1. The van der Waals surface area contributed by atoms with Crippen molar-refractivity contribution in [1.82, 2.24) is 0 Å². The largest absolute Gasteiger partial charge is 0.370 e. The lowest BCUT2D eigenvalue weighted by Crippen LogP contribution is -2.27. The third kappa shape index (κ3) is 3.48. The minimum Gasteiger partial charge on any atom is -0.370 e. The van der Waals surface area contributed by atoms with Crippen molar-refractivity contribution >= 4 is 23.2 Å². The molecule has 0 spiro atoms. The number of primary amides is 1. The van der Waals surface area contributed by atoms with E-state index in [1.165, 1.54) is 0 Å². The molecule has 0 aliphatic rings. The number of nitrogens with one attached hydrogen (secondary N) is 1. The molecule has 2 rings (SSSR count). The summed E-state index contributed by atoms with van der Waals surface area (Å²) in [7, 11) is 0. The fraction of sp³-hybridized carbons (Fsp3) is 0.133. The number of rotatable bonds is 4. The van der Waals surface area contributed by atoms with Crippen molar-refractivity contribution in [3.63, 3.8) is 0 Å². The molecule has 3 nitrogen and oxygen atoms in total. The van der Waals surface area contributed by atoms with Gasteiger partial charge in [-0.1, -0.05) is 35.9 Å². The second-order valence-corrected chi connectivity index (χ2v) is 4.84. The number of aryl methyl sites for hydroxylation is 1. The van der Waals surface area contributed by atoms with E-state index in [1.807, 2.05) is 31.2 Å². The van der Waals surface area contributed by atoms with Crippen molar-refractivity contribution in [2.45, 2.75) is 13.0 Å². The predicted molar refractivity (Wildman–Crippen MR) is 78.2 cm³/mol. The predicted octanol–water partition coefficient (Wildman–Crippen LogP) is 3.29. The molecule has 0 saturated carbocycles. The van der Waals surface area contributed by atoms with Crippen LogP contribution < -0.4 is 11.1 Å². The first kappa shape index (κ1) is 13.4. The van der Waals surface area contributed by atoms with Gasteiger partial charge in [0, 0.05) is 10.7 Å². The van der Waals surface area contributed by atoms with Crippen LogP contribution in [0.25, 0.3) is 0 Å².